The summed E-state index contributed by atoms with van der Waals surface area (Å²) in [4.78, 5) is 14.4. The maximum absolute atomic E-state index is 12.5. The molecule has 0 saturated carbocycles. The van der Waals surface area contributed by atoms with Gasteiger partial charge < -0.3 is 19.5 Å². The van der Waals surface area contributed by atoms with E-state index in [2.05, 4.69) is 5.32 Å². The van der Waals surface area contributed by atoms with Gasteiger partial charge in [-0.2, -0.15) is 0 Å². The Morgan fingerprint density at radius 1 is 1.63 bits per heavy atom. The molecule has 1 unspecified atom stereocenters. The van der Waals surface area contributed by atoms with E-state index in [1.807, 2.05) is 34.8 Å². The summed E-state index contributed by atoms with van der Waals surface area (Å²) in [6.45, 7) is 3.27. The Bertz CT molecular complexity index is 411. The van der Waals surface area contributed by atoms with Crippen LogP contribution in [0.2, 0.25) is 0 Å². The number of hydrogen-bond acceptors (Lipinski definition) is 3. The van der Waals surface area contributed by atoms with Crippen LogP contribution in [-0.4, -0.2) is 55.3 Å². The number of piperidine rings is 1. The molecule has 106 valence electrons. The number of aromatic nitrogens is 1. The third kappa shape index (κ3) is 3.36. The third-order valence-electron chi connectivity index (χ3n) is 3.72. The van der Waals surface area contributed by atoms with Crippen LogP contribution in [0.1, 0.15) is 23.3 Å². The van der Waals surface area contributed by atoms with Gasteiger partial charge in [0.25, 0.3) is 5.91 Å². The Labute approximate surface area is 114 Å². The zero-order valence-corrected chi connectivity index (χ0v) is 11.8. The summed E-state index contributed by atoms with van der Waals surface area (Å²) in [5.41, 5.74) is 0.741. The molecule has 0 aliphatic carbocycles. The summed E-state index contributed by atoms with van der Waals surface area (Å²) < 4.78 is 7.03. The highest BCUT2D eigenvalue weighted by molar-refractivity contribution is 5.92. The predicted octanol–water partition coefficient (Wildman–Crippen LogP) is 0.958. The number of likely N-dealkylation sites (N-methyl/N-ethyl adjacent to an activating group) is 1. The van der Waals surface area contributed by atoms with E-state index in [4.69, 9.17) is 4.74 Å². The van der Waals surface area contributed by atoms with Crippen molar-refractivity contribution in [3.8, 4) is 0 Å². The maximum Gasteiger partial charge on any atom is 0.270 e. The van der Waals surface area contributed by atoms with Gasteiger partial charge in [-0.15, -0.1) is 0 Å². The molecule has 0 aromatic carbocycles. The van der Waals surface area contributed by atoms with Gasteiger partial charge in [-0.3, -0.25) is 4.79 Å². The third-order valence-corrected chi connectivity index (χ3v) is 3.72. The Balaban J connectivity index is 2.03. The number of methoxy groups -OCH3 is 1. The van der Waals surface area contributed by atoms with Crippen molar-refractivity contribution in [1.29, 1.82) is 0 Å². The minimum atomic E-state index is 0.0924. The lowest BCUT2D eigenvalue weighted by Crippen LogP contribution is -2.47. The standard InChI is InChI=1S/C14H23N3O2/c1-16(12-5-3-7-15-11-12)14(18)13-6-4-8-17(13)9-10-19-2/h4,6,8,12,15H,3,5,7,9-11H2,1-2H3. The van der Waals surface area contributed by atoms with Crippen molar-refractivity contribution < 1.29 is 9.53 Å². The summed E-state index contributed by atoms with van der Waals surface area (Å²) in [5.74, 6) is 0.0924. The molecule has 5 heteroatoms. The van der Waals surface area contributed by atoms with Crippen LogP contribution in [0.25, 0.3) is 0 Å². The molecule has 1 aromatic heterocycles. The van der Waals surface area contributed by atoms with Gasteiger partial charge in [0.05, 0.1) is 6.61 Å². The summed E-state index contributed by atoms with van der Waals surface area (Å²) in [6.07, 6.45) is 4.14. The van der Waals surface area contributed by atoms with Crippen LogP contribution < -0.4 is 5.32 Å². The lowest BCUT2D eigenvalue weighted by Gasteiger charge is -2.31. The number of nitrogens with zero attached hydrogens (tertiary/aromatic N) is 2. The van der Waals surface area contributed by atoms with E-state index < -0.39 is 0 Å². The second-order valence-corrected chi connectivity index (χ2v) is 5.00. The van der Waals surface area contributed by atoms with Gasteiger partial charge in [-0.25, -0.2) is 0 Å². The van der Waals surface area contributed by atoms with Crippen molar-refractivity contribution in [2.24, 2.45) is 0 Å². The number of ether oxygens (including phenoxy) is 1. The topological polar surface area (TPSA) is 46.5 Å². The van der Waals surface area contributed by atoms with Gasteiger partial charge in [-0.05, 0) is 31.5 Å². The van der Waals surface area contributed by atoms with Crippen LogP contribution in [0.4, 0.5) is 0 Å². The lowest BCUT2D eigenvalue weighted by molar-refractivity contribution is 0.0695. The molecule has 1 saturated heterocycles. The second kappa shape index (κ2) is 6.73. The number of rotatable bonds is 5. The van der Waals surface area contributed by atoms with Crippen molar-refractivity contribution in [2.75, 3.05) is 33.9 Å². The highest BCUT2D eigenvalue weighted by Gasteiger charge is 2.24. The van der Waals surface area contributed by atoms with E-state index in [1.54, 1.807) is 7.11 Å². The Hall–Kier alpha value is -1.33. The quantitative estimate of drug-likeness (QED) is 0.862. The van der Waals surface area contributed by atoms with Gasteiger partial charge in [0.15, 0.2) is 0 Å². The largest absolute Gasteiger partial charge is 0.383 e. The van der Waals surface area contributed by atoms with Crippen LogP contribution in [0, 0.1) is 0 Å². The van der Waals surface area contributed by atoms with Crippen molar-refractivity contribution in [3.05, 3.63) is 24.0 Å². The molecule has 1 aliphatic heterocycles. The smallest absolute Gasteiger partial charge is 0.270 e. The van der Waals surface area contributed by atoms with Crippen molar-refractivity contribution in [3.63, 3.8) is 0 Å². The molecule has 0 radical (unpaired) electrons. The first-order valence-corrected chi connectivity index (χ1v) is 6.86. The number of amides is 1. The van der Waals surface area contributed by atoms with Crippen molar-refractivity contribution in [2.45, 2.75) is 25.4 Å². The Morgan fingerprint density at radius 3 is 3.16 bits per heavy atom. The molecule has 2 rings (SSSR count). The lowest BCUT2D eigenvalue weighted by atomic mass is 10.1. The van der Waals surface area contributed by atoms with E-state index in [0.29, 0.717) is 19.2 Å². The maximum atomic E-state index is 12.5. The minimum absolute atomic E-state index is 0.0924. The molecule has 1 N–H and O–H groups in total. The van der Waals surface area contributed by atoms with Gasteiger partial charge >= 0.3 is 0 Å². The molecule has 0 bridgehead atoms. The minimum Gasteiger partial charge on any atom is -0.383 e. The first-order chi connectivity index (χ1) is 9.24. The molecule has 1 aromatic rings. The highest BCUT2D eigenvalue weighted by atomic mass is 16.5. The van der Waals surface area contributed by atoms with E-state index in [0.717, 1.165) is 31.6 Å². The molecule has 1 amide bonds. The van der Waals surface area contributed by atoms with Crippen LogP contribution in [-0.2, 0) is 11.3 Å². The SMILES string of the molecule is COCCn1cccc1C(=O)N(C)C1CCCNC1. The molecular weight excluding hydrogens is 242 g/mol. The number of carbonyl (C=O) groups is 1. The van der Waals surface area contributed by atoms with Crippen LogP contribution in [0.3, 0.4) is 0 Å². The van der Waals surface area contributed by atoms with Crippen LogP contribution in [0.5, 0.6) is 0 Å². The molecular formula is C14H23N3O2. The predicted molar refractivity (Wildman–Crippen MR) is 74.3 cm³/mol. The second-order valence-electron chi connectivity index (χ2n) is 5.00. The van der Waals surface area contributed by atoms with Crippen LogP contribution in [0.15, 0.2) is 18.3 Å². The number of nitrogens with one attached hydrogen (secondary N) is 1. The fourth-order valence-electron chi connectivity index (χ4n) is 2.50. The highest BCUT2D eigenvalue weighted by Crippen LogP contribution is 2.13. The monoisotopic (exact) mass is 265 g/mol. The van der Waals surface area contributed by atoms with E-state index in [-0.39, 0.29) is 5.91 Å². The molecule has 1 aliphatic rings. The zero-order chi connectivity index (χ0) is 13.7. The first-order valence-electron chi connectivity index (χ1n) is 6.86. The van der Waals surface area contributed by atoms with E-state index >= 15 is 0 Å². The molecule has 19 heavy (non-hydrogen) atoms. The Morgan fingerprint density at radius 2 is 2.47 bits per heavy atom. The first kappa shape index (κ1) is 14.1. The number of carbonyl (C=O) groups excluding carboxylic acids is 1. The summed E-state index contributed by atoms with van der Waals surface area (Å²) >= 11 is 0. The average Bonchev–Trinajstić information content (AvgIpc) is 2.92. The van der Waals surface area contributed by atoms with E-state index in [9.17, 15) is 4.79 Å². The average molecular weight is 265 g/mol. The Kier molecular flexibility index (Phi) is 4.99. The molecule has 2 heterocycles. The number of hydrogen-bond donors (Lipinski definition) is 1. The molecule has 1 atom stereocenters. The normalized spacial score (nSPS) is 19.4. The summed E-state index contributed by atoms with van der Waals surface area (Å²) in [5, 5.41) is 3.34. The fourth-order valence-corrected chi connectivity index (χ4v) is 2.50. The van der Waals surface area contributed by atoms with E-state index in [1.165, 1.54) is 0 Å². The van der Waals surface area contributed by atoms with Crippen molar-refractivity contribution >= 4 is 5.91 Å². The van der Waals surface area contributed by atoms with Gasteiger partial charge in [0, 0.05) is 39.5 Å². The molecule has 1 fully saturated rings. The summed E-state index contributed by atoms with van der Waals surface area (Å²) in [6, 6.07) is 4.09. The fraction of sp³-hybridized carbons (Fsp3) is 0.643. The van der Waals surface area contributed by atoms with Crippen LogP contribution >= 0.6 is 0 Å². The van der Waals surface area contributed by atoms with Crippen molar-refractivity contribution in [1.82, 2.24) is 14.8 Å². The van der Waals surface area contributed by atoms with Gasteiger partial charge in [0.2, 0.25) is 0 Å². The zero-order valence-electron chi connectivity index (χ0n) is 11.8. The van der Waals surface area contributed by atoms with Gasteiger partial charge in [-0.1, -0.05) is 0 Å². The summed E-state index contributed by atoms with van der Waals surface area (Å²) in [7, 11) is 3.57. The molecule has 0 spiro atoms. The molecule has 5 nitrogen and oxygen atoms in total. The van der Waals surface area contributed by atoms with Gasteiger partial charge in [0.1, 0.15) is 5.69 Å².